The molecule has 0 unspecified atom stereocenters. The van der Waals surface area contributed by atoms with E-state index >= 15 is 0 Å². The van der Waals surface area contributed by atoms with Crippen LogP contribution in [0.1, 0.15) is 12.5 Å². The molecule has 0 radical (unpaired) electrons. The standard InChI is InChI=1S/C18H16FN3OS/c1-12(13-5-9-16(23-2)10-6-13)21-22-18-20-17(11-24-18)14-3-7-15(19)8-4-14/h3-11H,1-2H3,(H,20,22)/b21-12+. The summed E-state index contributed by atoms with van der Waals surface area (Å²) in [4.78, 5) is 4.46. The number of hydrogen-bond donors (Lipinski definition) is 1. The first-order valence-corrected chi connectivity index (χ1v) is 8.20. The lowest BCUT2D eigenvalue weighted by Crippen LogP contribution is -1.99. The van der Waals surface area contributed by atoms with Gasteiger partial charge in [0.25, 0.3) is 0 Å². The number of rotatable bonds is 5. The number of aromatic nitrogens is 1. The van der Waals surface area contributed by atoms with Gasteiger partial charge in [-0.1, -0.05) is 0 Å². The van der Waals surface area contributed by atoms with E-state index < -0.39 is 0 Å². The second kappa shape index (κ2) is 7.23. The molecule has 4 nitrogen and oxygen atoms in total. The number of hydrazone groups is 1. The van der Waals surface area contributed by atoms with Gasteiger partial charge < -0.3 is 4.74 Å². The predicted octanol–water partition coefficient (Wildman–Crippen LogP) is 4.79. The Morgan fingerprint density at radius 2 is 1.83 bits per heavy atom. The Labute approximate surface area is 143 Å². The van der Waals surface area contributed by atoms with E-state index in [9.17, 15) is 4.39 Å². The van der Waals surface area contributed by atoms with E-state index in [1.54, 1.807) is 19.2 Å². The second-order valence-corrected chi connectivity index (χ2v) is 5.94. The van der Waals surface area contributed by atoms with E-state index in [2.05, 4.69) is 15.5 Å². The average Bonchev–Trinajstić information content (AvgIpc) is 3.09. The molecule has 0 aliphatic heterocycles. The van der Waals surface area contributed by atoms with Crippen LogP contribution >= 0.6 is 11.3 Å². The summed E-state index contributed by atoms with van der Waals surface area (Å²) in [6.45, 7) is 1.92. The molecule has 1 N–H and O–H groups in total. The molecular weight excluding hydrogens is 325 g/mol. The Morgan fingerprint density at radius 3 is 2.50 bits per heavy atom. The summed E-state index contributed by atoms with van der Waals surface area (Å²) in [5, 5.41) is 6.95. The van der Waals surface area contributed by atoms with E-state index in [0.29, 0.717) is 5.13 Å². The minimum atomic E-state index is -0.257. The summed E-state index contributed by atoms with van der Waals surface area (Å²) in [6, 6.07) is 14.0. The van der Waals surface area contributed by atoms with Crippen LogP contribution < -0.4 is 10.2 Å². The monoisotopic (exact) mass is 341 g/mol. The zero-order valence-corrected chi connectivity index (χ0v) is 14.1. The number of halogens is 1. The molecule has 0 saturated carbocycles. The molecular formula is C18H16FN3OS. The molecule has 0 atom stereocenters. The zero-order chi connectivity index (χ0) is 16.9. The predicted molar refractivity (Wildman–Crippen MR) is 96.3 cm³/mol. The average molecular weight is 341 g/mol. The van der Waals surface area contributed by atoms with Gasteiger partial charge in [0.2, 0.25) is 5.13 Å². The minimum Gasteiger partial charge on any atom is -0.497 e. The number of nitrogens with zero attached hydrogens (tertiary/aromatic N) is 2. The van der Waals surface area contributed by atoms with Crippen LogP contribution in [0.4, 0.5) is 9.52 Å². The maximum absolute atomic E-state index is 13.0. The number of nitrogens with one attached hydrogen (secondary N) is 1. The molecule has 2 aromatic carbocycles. The van der Waals surface area contributed by atoms with Gasteiger partial charge in [-0.2, -0.15) is 5.10 Å². The number of ether oxygens (including phenoxy) is 1. The Hall–Kier alpha value is -2.73. The van der Waals surface area contributed by atoms with E-state index in [-0.39, 0.29) is 5.82 Å². The first-order valence-electron chi connectivity index (χ1n) is 7.32. The molecule has 0 spiro atoms. The molecule has 0 bridgehead atoms. The third kappa shape index (κ3) is 3.78. The topological polar surface area (TPSA) is 46.5 Å². The molecule has 1 heterocycles. The molecule has 6 heteroatoms. The molecule has 0 amide bonds. The van der Waals surface area contributed by atoms with E-state index in [1.165, 1.54) is 23.5 Å². The summed E-state index contributed by atoms with van der Waals surface area (Å²) >= 11 is 1.45. The van der Waals surface area contributed by atoms with Gasteiger partial charge in [-0.3, -0.25) is 5.43 Å². The lowest BCUT2D eigenvalue weighted by Gasteiger charge is -2.03. The summed E-state index contributed by atoms with van der Waals surface area (Å²) in [5.74, 6) is 0.551. The van der Waals surface area contributed by atoms with Crippen LogP contribution in [0.5, 0.6) is 5.75 Å². The maximum atomic E-state index is 13.0. The molecule has 0 saturated heterocycles. The van der Waals surface area contributed by atoms with Crippen molar-refractivity contribution in [3.8, 4) is 17.0 Å². The number of hydrogen-bond acceptors (Lipinski definition) is 5. The van der Waals surface area contributed by atoms with Crippen LogP contribution in [-0.4, -0.2) is 17.8 Å². The fraction of sp³-hybridized carbons (Fsp3) is 0.111. The number of anilines is 1. The highest BCUT2D eigenvalue weighted by Gasteiger charge is 2.05. The maximum Gasteiger partial charge on any atom is 0.203 e. The van der Waals surface area contributed by atoms with Crippen molar-refractivity contribution in [1.82, 2.24) is 4.98 Å². The number of benzene rings is 2. The van der Waals surface area contributed by atoms with Crippen molar-refractivity contribution in [2.45, 2.75) is 6.92 Å². The normalized spacial score (nSPS) is 11.4. The van der Waals surface area contributed by atoms with Crippen LogP contribution in [0.15, 0.2) is 59.0 Å². The molecule has 24 heavy (non-hydrogen) atoms. The van der Waals surface area contributed by atoms with Crippen molar-refractivity contribution < 1.29 is 9.13 Å². The van der Waals surface area contributed by atoms with E-state index in [1.807, 2.05) is 36.6 Å². The highest BCUT2D eigenvalue weighted by atomic mass is 32.1. The van der Waals surface area contributed by atoms with Gasteiger partial charge in [-0.05, 0) is 61.0 Å². The first kappa shape index (κ1) is 16.1. The van der Waals surface area contributed by atoms with Crippen molar-refractivity contribution in [3.63, 3.8) is 0 Å². The highest BCUT2D eigenvalue weighted by Crippen LogP contribution is 2.25. The summed E-state index contributed by atoms with van der Waals surface area (Å²) < 4.78 is 18.1. The molecule has 122 valence electrons. The summed E-state index contributed by atoms with van der Waals surface area (Å²) in [6.07, 6.45) is 0. The van der Waals surface area contributed by atoms with Crippen molar-refractivity contribution >= 4 is 22.2 Å². The fourth-order valence-corrected chi connectivity index (χ4v) is 2.77. The van der Waals surface area contributed by atoms with Gasteiger partial charge in [-0.15, -0.1) is 11.3 Å². The van der Waals surface area contributed by atoms with Crippen LogP contribution in [0.25, 0.3) is 11.3 Å². The summed E-state index contributed by atoms with van der Waals surface area (Å²) in [5.41, 5.74) is 6.47. The SMILES string of the molecule is COc1ccc(/C(C)=N/Nc2nc(-c3ccc(F)cc3)cs2)cc1. The Balaban J connectivity index is 1.70. The number of methoxy groups -OCH3 is 1. The summed E-state index contributed by atoms with van der Waals surface area (Å²) in [7, 11) is 1.64. The highest BCUT2D eigenvalue weighted by molar-refractivity contribution is 7.14. The second-order valence-electron chi connectivity index (χ2n) is 5.08. The molecule has 3 rings (SSSR count). The molecule has 0 aliphatic rings. The quantitative estimate of drug-likeness (QED) is 0.536. The smallest absolute Gasteiger partial charge is 0.203 e. The van der Waals surface area contributed by atoms with Gasteiger partial charge in [0.1, 0.15) is 11.6 Å². The van der Waals surface area contributed by atoms with E-state index in [0.717, 1.165) is 28.3 Å². The first-order chi connectivity index (χ1) is 11.7. The van der Waals surface area contributed by atoms with Gasteiger partial charge >= 0.3 is 0 Å². The lowest BCUT2D eigenvalue weighted by atomic mass is 10.1. The third-order valence-corrected chi connectivity index (χ3v) is 4.22. The van der Waals surface area contributed by atoms with Gasteiger partial charge in [-0.25, -0.2) is 9.37 Å². The Bertz CT molecular complexity index is 841. The van der Waals surface area contributed by atoms with Gasteiger partial charge in [0, 0.05) is 10.9 Å². The molecule has 0 aliphatic carbocycles. The van der Waals surface area contributed by atoms with Gasteiger partial charge in [0.15, 0.2) is 0 Å². The van der Waals surface area contributed by atoms with Crippen LogP contribution in [0.2, 0.25) is 0 Å². The Morgan fingerprint density at radius 1 is 1.12 bits per heavy atom. The van der Waals surface area contributed by atoms with Crippen molar-refractivity contribution in [3.05, 3.63) is 65.3 Å². The van der Waals surface area contributed by atoms with Crippen LogP contribution in [-0.2, 0) is 0 Å². The van der Waals surface area contributed by atoms with Crippen LogP contribution in [0.3, 0.4) is 0 Å². The molecule has 3 aromatic rings. The lowest BCUT2D eigenvalue weighted by molar-refractivity contribution is 0.415. The molecule has 0 fully saturated rings. The zero-order valence-electron chi connectivity index (χ0n) is 13.3. The van der Waals surface area contributed by atoms with Crippen molar-refractivity contribution in [2.24, 2.45) is 5.10 Å². The Kier molecular flexibility index (Phi) is 4.86. The molecule has 1 aromatic heterocycles. The minimum absolute atomic E-state index is 0.257. The fourth-order valence-electron chi connectivity index (χ4n) is 2.11. The third-order valence-electron chi connectivity index (χ3n) is 3.47. The van der Waals surface area contributed by atoms with E-state index in [4.69, 9.17) is 4.74 Å². The number of thiazole rings is 1. The van der Waals surface area contributed by atoms with Crippen molar-refractivity contribution in [2.75, 3.05) is 12.5 Å². The van der Waals surface area contributed by atoms with Gasteiger partial charge in [0.05, 0.1) is 18.5 Å². The van der Waals surface area contributed by atoms with Crippen molar-refractivity contribution in [1.29, 1.82) is 0 Å². The largest absolute Gasteiger partial charge is 0.497 e. The van der Waals surface area contributed by atoms with Crippen LogP contribution in [0, 0.1) is 5.82 Å².